The number of rotatable bonds is 4. The Kier molecular flexibility index (Phi) is 5.15. The minimum Gasteiger partial charge on any atom is -0.338 e. The van der Waals surface area contributed by atoms with E-state index in [9.17, 15) is 4.79 Å². The van der Waals surface area contributed by atoms with E-state index < -0.39 is 0 Å². The first-order chi connectivity index (χ1) is 12.7. The molecule has 0 aromatic carbocycles. The minimum absolute atomic E-state index is 0.00258. The zero-order valence-electron chi connectivity index (χ0n) is 15.2. The molecule has 2 aromatic heterocycles. The van der Waals surface area contributed by atoms with Crippen molar-refractivity contribution in [3.8, 4) is 0 Å². The van der Waals surface area contributed by atoms with Crippen molar-refractivity contribution in [2.75, 3.05) is 13.1 Å². The molecule has 1 saturated heterocycles. The maximum atomic E-state index is 12.7. The molecule has 2 aliphatic rings. The molecule has 0 bridgehead atoms. The Balaban J connectivity index is 1.35. The summed E-state index contributed by atoms with van der Waals surface area (Å²) in [7, 11) is 0. The Bertz CT molecular complexity index is 776. The number of carbonyl (C=O) groups is 1. The summed E-state index contributed by atoms with van der Waals surface area (Å²) in [5.41, 5.74) is 3.64. The highest BCUT2D eigenvalue weighted by molar-refractivity contribution is 7.09. The van der Waals surface area contributed by atoms with Gasteiger partial charge in [0.1, 0.15) is 10.8 Å². The van der Waals surface area contributed by atoms with Crippen LogP contribution in [0.2, 0.25) is 0 Å². The lowest BCUT2D eigenvalue weighted by Gasteiger charge is -2.34. The molecule has 4 rings (SSSR count). The van der Waals surface area contributed by atoms with Crippen LogP contribution < -0.4 is 5.32 Å². The fraction of sp³-hybridized carbons (Fsp3) is 0.579. The lowest BCUT2D eigenvalue weighted by Crippen LogP contribution is -2.45. The van der Waals surface area contributed by atoms with Crippen molar-refractivity contribution in [3.05, 3.63) is 39.4 Å². The summed E-state index contributed by atoms with van der Waals surface area (Å²) >= 11 is 1.63. The highest BCUT2D eigenvalue weighted by atomic mass is 32.1. The maximum Gasteiger partial charge on any atom is 0.318 e. The number of nitrogens with one attached hydrogen (secondary N) is 1. The second kappa shape index (κ2) is 7.70. The Morgan fingerprint density at radius 1 is 1.31 bits per heavy atom. The van der Waals surface area contributed by atoms with Crippen molar-refractivity contribution in [1.29, 1.82) is 0 Å². The van der Waals surface area contributed by atoms with Crippen LogP contribution in [0.5, 0.6) is 0 Å². The quantitative estimate of drug-likeness (QED) is 0.896. The summed E-state index contributed by atoms with van der Waals surface area (Å²) in [4.78, 5) is 28.4. The smallest absolute Gasteiger partial charge is 0.318 e. The van der Waals surface area contributed by atoms with Gasteiger partial charge < -0.3 is 10.2 Å². The molecule has 1 aliphatic heterocycles. The molecule has 1 N–H and O–H groups in total. The standard InChI is InChI=1S/C19H25N5OS/c1-13-14-5-4-6-15(14)23-17(22-13)8-9-21-19(25)24-11-3-2-7-16(24)18-20-10-12-26-18/h10,12,16H,2-9,11H2,1H3,(H,21,25). The fourth-order valence-corrected chi connectivity index (χ4v) is 4.79. The zero-order valence-corrected chi connectivity index (χ0v) is 16.0. The molecule has 26 heavy (non-hydrogen) atoms. The van der Waals surface area contributed by atoms with Gasteiger partial charge in [0.05, 0.1) is 6.04 Å². The Hall–Kier alpha value is -2.02. The number of aryl methyl sites for hydroxylation is 2. The molecule has 1 fully saturated rings. The normalized spacial score (nSPS) is 19.4. The first-order valence-electron chi connectivity index (χ1n) is 9.51. The van der Waals surface area contributed by atoms with Gasteiger partial charge in [0.25, 0.3) is 0 Å². The number of likely N-dealkylation sites (tertiary alicyclic amines) is 1. The van der Waals surface area contributed by atoms with Gasteiger partial charge in [-0.15, -0.1) is 11.3 Å². The molecule has 1 aliphatic carbocycles. The van der Waals surface area contributed by atoms with E-state index in [-0.39, 0.29) is 12.1 Å². The third-order valence-corrected chi connectivity index (χ3v) is 6.19. The van der Waals surface area contributed by atoms with E-state index in [4.69, 9.17) is 4.98 Å². The molecule has 7 heteroatoms. The maximum absolute atomic E-state index is 12.7. The lowest BCUT2D eigenvalue weighted by atomic mass is 10.0. The summed E-state index contributed by atoms with van der Waals surface area (Å²) in [6, 6.07) is 0.116. The van der Waals surface area contributed by atoms with E-state index in [2.05, 4.69) is 22.2 Å². The second-order valence-electron chi connectivity index (χ2n) is 7.06. The van der Waals surface area contributed by atoms with Gasteiger partial charge in [-0.25, -0.2) is 19.7 Å². The van der Waals surface area contributed by atoms with Crippen LogP contribution in [-0.4, -0.2) is 39.0 Å². The topological polar surface area (TPSA) is 71.0 Å². The SMILES string of the molecule is Cc1nc(CCNC(=O)N2CCCCC2c2nccs2)nc2c1CCC2. The molecular weight excluding hydrogens is 346 g/mol. The highest BCUT2D eigenvalue weighted by Gasteiger charge is 2.29. The number of urea groups is 1. The molecule has 1 unspecified atom stereocenters. The summed E-state index contributed by atoms with van der Waals surface area (Å²) < 4.78 is 0. The lowest BCUT2D eigenvalue weighted by molar-refractivity contribution is 0.151. The van der Waals surface area contributed by atoms with E-state index in [0.717, 1.165) is 55.2 Å². The number of aromatic nitrogens is 3. The fourth-order valence-electron chi connectivity index (χ4n) is 4.01. The van der Waals surface area contributed by atoms with Crippen LogP contribution in [-0.2, 0) is 19.3 Å². The third-order valence-electron chi connectivity index (χ3n) is 5.31. The number of carbonyl (C=O) groups excluding carboxylic acids is 1. The molecule has 6 nitrogen and oxygen atoms in total. The van der Waals surface area contributed by atoms with Crippen LogP contribution in [0.4, 0.5) is 4.79 Å². The predicted molar refractivity (Wildman–Crippen MR) is 101 cm³/mol. The Morgan fingerprint density at radius 3 is 3.08 bits per heavy atom. The summed E-state index contributed by atoms with van der Waals surface area (Å²) in [5, 5.41) is 6.08. The Morgan fingerprint density at radius 2 is 2.23 bits per heavy atom. The minimum atomic E-state index is 0.00258. The van der Waals surface area contributed by atoms with Crippen molar-refractivity contribution in [2.45, 2.75) is 57.9 Å². The van der Waals surface area contributed by atoms with Gasteiger partial charge in [-0.1, -0.05) is 0 Å². The molecular formula is C19H25N5OS. The molecule has 2 amide bonds. The van der Waals surface area contributed by atoms with Crippen LogP contribution in [0.1, 0.15) is 59.5 Å². The van der Waals surface area contributed by atoms with Crippen LogP contribution in [0.25, 0.3) is 0 Å². The van der Waals surface area contributed by atoms with Crippen molar-refractivity contribution < 1.29 is 4.79 Å². The summed E-state index contributed by atoms with van der Waals surface area (Å²) in [6.45, 7) is 3.43. The second-order valence-corrected chi connectivity index (χ2v) is 7.99. The average Bonchev–Trinajstić information content (AvgIpc) is 3.33. The number of hydrogen-bond acceptors (Lipinski definition) is 5. The molecule has 0 radical (unpaired) electrons. The van der Waals surface area contributed by atoms with Gasteiger partial charge in [0.15, 0.2) is 0 Å². The van der Waals surface area contributed by atoms with Crippen molar-refractivity contribution in [3.63, 3.8) is 0 Å². The van der Waals surface area contributed by atoms with Gasteiger partial charge in [0.2, 0.25) is 0 Å². The summed E-state index contributed by atoms with van der Waals surface area (Å²) in [5.74, 6) is 0.846. The molecule has 3 heterocycles. The number of hydrogen-bond donors (Lipinski definition) is 1. The van der Waals surface area contributed by atoms with E-state index >= 15 is 0 Å². The van der Waals surface area contributed by atoms with Crippen LogP contribution in [0.3, 0.4) is 0 Å². The van der Waals surface area contributed by atoms with E-state index in [1.54, 1.807) is 11.3 Å². The Labute approximate surface area is 158 Å². The zero-order chi connectivity index (χ0) is 17.9. The molecule has 0 spiro atoms. The van der Waals surface area contributed by atoms with Gasteiger partial charge in [-0.2, -0.15) is 0 Å². The number of piperidine rings is 1. The number of thiazole rings is 1. The number of nitrogens with zero attached hydrogens (tertiary/aromatic N) is 4. The third kappa shape index (κ3) is 3.58. The van der Waals surface area contributed by atoms with Gasteiger partial charge in [-0.05, 0) is 51.0 Å². The van der Waals surface area contributed by atoms with E-state index in [0.29, 0.717) is 13.0 Å². The molecule has 138 valence electrons. The van der Waals surface area contributed by atoms with Crippen LogP contribution in [0, 0.1) is 6.92 Å². The average molecular weight is 372 g/mol. The van der Waals surface area contributed by atoms with Crippen LogP contribution >= 0.6 is 11.3 Å². The largest absolute Gasteiger partial charge is 0.338 e. The van der Waals surface area contributed by atoms with Crippen LogP contribution in [0.15, 0.2) is 11.6 Å². The molecule has 0 saturated carbocycles. The van der Waals surface area contributed by atoms with Crippen molar-refractivity contribution in [1.82, 2.24) is 25.2 Å². The molecule has 1 atom stereocenters. The first kappa shape index (κ1) is 17.4. The monoisotopic (exact) mass is 371 g/mol. The molecule has 2 aromatic rings. The summed E-state index contributed by atoms with van der Waals surface area (Å²) in [6.07, 6.45) is 9.03. The first-order valence-corrected chi connectivity index (χ1v) is 10.4. The predicted octanol–water partition coefficient (Wildman–Crippen LogP) is 3.21. The van der Waals surface area contributed by atoms with Gasteiger partial charge in [-0.3, -0.25) is 0 Å². The highest BCUT2D eigenvalue weighted by Crippen LogP contribution is 2.31. The van der Waals surface area contributed by atoms with E-state index in [1.165, 1.54) is 17.7 Å². The van der Waals surface area contributed by atoms with Crippen molar-refractivity contribution in [2.24, 2.45) is 0 Å². The van der Waals surface area contributed by atoms with Crippen molar-refractivity contribution >= 4 is 17.4 Å². The number of amides is 2. The van der Waals surface area contributed by atoms with E-state index in [1.807, 2.05) is 16.5 Å². The number of fused-ring (bicyclic) bond motifs is 1. The van der Waals surface area contributed by atoms with Gasteiger partial charge in [0, 0.05) is 42.5 Å². The van der Waals surface area contributed by atoms with Gasteiger partial charge >= 0.3 is 6.03 Å².